The molecule has 0 spiro atoms. The van der Waals surface area contributed by atoms with E-state index in [4.69, 9.17) is 21.0 Å². The average Bonchev–Trinajstić information content (AvgIpc) is 2.42. The van der Waals surface area contributed by atoms with E-state index in [2.05, 4.69) is 6.92 Å². The SMILES string of the molecule is [CH2]Cc1cc(=C(C#N)C#N)ccc1=C(C#N)C#N. The molecule has 0 unspecified atom stereocenters. The summed E-state index contributed by atoms with van der Waals surface area (Å²) >= 11 is 0. The maximum Gasteiger partial charge on any atom is 0.137 e. The summed E-state index contributed by atoms with van der Waals surface area (Å²) in [5, 5.41) is 36.2. The summed E-state index contributed by atoms with van der Waals surface area (Å²) in [7, 11) is 0. The second-order valence-corrected chi connectivity index (χ2v) is 3.32. The molecule has 0 bridgehead atoms. The molecule has 1 aromatic carbocycles. The molecule has 1 radical (unpaired) electrons. The molecule has 0 amide bonds. The third-order valence-corrected chi connectivity index (χ3v) is 2.38. The van der Waals surface area contributed by atoms with Crippen LogP contribution in [0.3, 0.4) is 0 Å². The van der Waals surface area contributed by atoms with E-state index >= 15 is 0 Å². The van der Waals surface area contributed by atoms with Gasteiger partial charge < -0.3 is 0 Å². The summed E-state index contributed by atoms with van der Waals surface area (Å²) in [5.74, 6) is 0. The first-order valence-corrected chi connectivity index (χ1v) is 4.99. The molecule has 0 aliphatic heterocycles. The second-order valence-electron chi connectivity index (χ2n) is 3.32. The highest BCUT2D eigenvalue weighted by Crippen LogP contribution is 1.95. The maximum absolute atomic E-state index is 8.83. The minimum absolute atomic E-state index is 0.00401. The Balaban J connectivity index is 3.83. The normalized spacial score (nSPS) is 8.28. The van der Waals surface area contributed by atoms with E-state index in [1.54, 1.807) is 30.3 Å². The van der Waals surface area contributed by atoms with Crippen LogP contribution in [0.5, 0.6) is 0 Å². The van der Waals surface area contributed by atoms with Crippen molar-refractivity contribution < 1.29 is 0 Å². The first kappa shape index (κ1) is 13.0. The van der Waals surface area contributed by atoms with Gasteiger partial charge in [-0.25, -0.2) is 0 Å². The van der Waals surface area contributed by atoms with E-state index in [0.717, 1.165) is 0 Å². The van der Waals surface area contributed by atoms with Crippen molar-refractivity contribution in [1.29, 1.82) is 21.0 Å². The topological polar surface area (TPSA) is 95.2 Å². The molecule has 1 rings (SSSR count). The van der Waals surface area contributed by atoms with Crippen molar-refractivity contribution in [3.63, 3.8) is 0 Å². The molecular weight excluding hydrogens is 224 g/mol. The Morgan fingerprint density at radius 1 is 0.944 bits per heavy atom. The van der Waals surface area contributed by atoms with Crippen molar-refractivity contribution in [3.8, 4) is 24.3 Å². The first-order valence-electron chi connectivity index (χ1n) is 4.99. The van der Waals surface area contributed by atoms with Crippen molar-refractivity contribution in [2.75, 3.05) is 0 Å². The van der Waals surface area contributed by atoms with E-state index in [1.165, 1.54) is 0 Å². The molecule has 4 heteroatoms. The van der Waals surface area contributed by atoms with Crippen LogP contribution in [0.15, 0.2) is 18.2 Å². The molecule has 0 aliphatic rings. The van der Waals surface area contributed by atoms with Crippen LogP contribution < -0.4 is 10.4 Å². The molecule has 0 atom stereocenters. The Morgan fingerprint density at radius 3 is 1.94 bits per heavy atom. The smallest absolute Gasteiger partial charge is 0.137 e. The molecule has 1 aromatic rings. The van der Waals surface area contributed by atoms with Crippen molar-refractivity contribution >= 4 is 11.1 Å². The number of hydrogen-bond donors (Lipinski definition) is 0. The van der Waals surface area contributed by atoms with Gasteiger partial charge in [0.15, 0.2) is 0 Å². The highest BCUT2D eigenvalue weighted by Gasteiger charge is 2.02. The van der Waals surface area contributed by atoms with Gasteiger partial charge in [0.25, 0.3) is 0 Å². The van der Waals surface area contributed by atoms with Crippen molar-refractivity contribution in [3.05, 3.63) is 41.1 Å². The average molecular weight is 231 g/mol. The second kappa shape index (κ2) is 5.86. The fraction of sp³-hybridized carbons (Fsp3) is 0.0714. The van der Waals surface area contributed by atoms with Crippen molar-refractivity contribution in [2.24, 2.45) is 0 Å². The molecule has 0 aliphatic carbocycles. The highest BCUT2D eigenvalue weighted by molar-refractivity contribution is 5.75. The van der Waals surface area contributed by atoms with Gasteiger partial charge in [-0.15, -0.1) is 0 Å². The molecule has 0 saturated carbocycles. The Morgan fingerprint density at radius 2 is 1.50 bits per heavy atom. The van der Waals surface area contributed by atoms with Crippen molar-refractivity contribution in [2.45, 2.75) is 6.42 Å². The number of nitrogens with zero attached hydrogens (tertiary/aromatic N) is 4. The number of hydrogen-bond acceptors (Lipinski definition) is 4. The van der Waals surface area contributed by atoms with Crippen LogP contribution in [0.2, 0.25) is 0 Å². The lowest BCUT2D eigenvalue weighted by molar-refractivity contribution is 1.22. The lowest BCUT2D eigenvalue weighted by atomic mass is 10.0. The quantitative estimate of drug-likeness (QED) is 0.701. The molecular formula is C14H7N4. The van der Waals surface area contributed by atoms with Crippen LogP contribution in [0.4, 0.5) is 0 Å². The lowest BCUT2D eigenvalue weighted by Gasteiger charge is -1.98. The van der Waals surface area contributed by atoms with Gasteiger partial charge in [0.1, 0.15) is 35.4 Å². The molecule has 0 aromatic heterocycles. The number of benzene rings is 1. The van der Waals surface area contributed by atoms with Crippen LogP contribution in [0.25, 0.3) is 11.1 Å². The number of nitriles is 4. The van der Waals surface area contributed by atoms with Gasteiger partial charge in [-0.05, 0) is 25.0 Å². The third kappa shape index (κ3) is 2.35. The van der Waals surface area contributed by atoms with E-state index in [-0.39, 0.29) is 11.1 Å². The minimum atomic E-state index is -0.00767. The predicted molar refractivity (Wildman–Crippen MR) is 64.0 cm³/mol. The summed E-state index contributed by atoms with van der Waals surface area (Å²) in [6.45, 7) is 3.71. The summed E-state index contributed by atoms with van der Waals surface area (Å²) in [6, 6.07) is 11.9. The van der Waals surface area contributed by atoms with Gasteiger partial charge in [0, 0.05) is 10.4 Å². The summed E-state index contributed by atoms with van der Waals surface area (Å²) < 4.78 is 0. The molecule has 4 nitrogen and oxygen atoms in total. The molecule has 83 valence electrons. The molecule has 0 fully saturated rings. The van der Waals surface area contributed by atoms with Gasteiger partial charge in [-0.2, -0.15) is 21.0 Å². The van der Waals surface area contributed by atoms with E-state index in [0.29, 0.717) is 22.4 Å². The van der Waals surface area contributed by atoms with Crippen LogP contribution in [0.1, 0.15) is 5.56 Å². The fourth-order valence-corrected chi connectivity index (χ4v) is 1.50. The molecule has 0 saturated heterocycles. The van der Waals surface area contributed by atoms with Crippen LogP contribution in [-0.4, -0.2) is 0 Å². The maximum atomic E-state index is 8.83. The van der Waals surface area contributed by atoms with E-state index < -0.39 is 0 Å². The molecule has 0 heterocycles. The van der Waals surface area contributed by atoms with Gasteiger partial charge in [-0.3, -0.25) is 0 Å². The van der Waals surface area contributed by atoms with E-state index in [9.17, 15) is 0 Å². The largest absolute Gasteiger partial charge is 0.192 e. The van der Waals surface area contributed by atoms with Gasteiger partial charge in [0.2, 0.25) is 0 Å². The standard InChI is InChI=1S/C14H7N4/c1-2-10-5-11(12(6-15)7-16)3-4-14(10)13(8-17)9-18/h3-5H,1-2H2. The van der Waals surface area contributed by atoms with Crippen LogP contribution in [-0.2, 0) is 6.42 Å². The lowest BCUT2D eigenvalue weighted by Crippen LogP contribution is -2.17. The van der Waals surface area contributed by atoms with Crippen LogP contribution >= 0.6 is 0 Å². The highest BCUT2D eigenvalue weighted by atomic mass is 14.3. The minimum Gasteiger partial charge on any atom is -0.192 e. The zero-order valence-corrected chi connectivity index (χ0v) is 9.44. The monoisotopic (exact) mass is 231 g/mol. The molecule has 0 N–H and O–H groups in total. The zero-order chi connectivity index (χ0) is 13.5. The van der Waals surface area contributed by atoms with Crippen LogP contribution in [0, 0.1) is 52.2 Å². The Bertz CT molecular complexity index is 726. The predicted octanol–water partition coefficient (Wildman–Crippen LogP) is 0.459. The fourth-order valence-electron chi connectivity index (χ4n) is 1.50. The van der Waals surface area contributed by atoms with Crippen molar-refractivity contribution in [1.82, 2.24) is 0 Å². The third-order valence-electron chi connectivity index (χ3n) is 2.38. The summed E-state index contributed by atoms with van der Waals surface area (Å²) in [4.78, 5) is 0. The number of rotatable bonds is 1. The van der Waals surface area contributed by atoms with E-state index in [1.807, 2.05) is 12.1 Å². The Labute approximate surface area is 105 Å². The first-order chi connectivity index (χ1) is 8.71. The van der Waals surface area contributed by atoms with Gasteiger partial charge in [0.05, 0.1) is 0 Å². The summed E-state index contributed by atoms with van der Waals surface area (Å²) in [5.41, 5.74) is 0.649. The van der Waals surface area contributed by atoms with Gasteiger partial charge in [-0.1, -0.05) is 12.1 Å². The Hall–Kier alpha value is -3.08. The molecule has 18 heavy (non-hydrogen) atoms. The Kier molecular flexibility index (Phi) is 4.22. The van der Waals surface area contributed by atoms with Gasteiger partial charge >= 0.3 is 0 Å². The zero-order valence-electron chi connectivity index (χ0n) is 9.44. The summed E-state index contributed by atoms with van der Waals surface area (Å²) in [6.07, 6.45) is 0.361.